The molecule has 0 amide bonds. The van der Waals surface area contributed by atoms with Crippen LogP contribution in [0.25, 0.3) is 0 Å². The first-order chi connectivity index (χ1) is 13.9. The minimum absolute atomic E-state index is 0.167. The summed E-state index contributed by atoms with van der Waals surface area (Å²) in [4.78, 5) is 4.52. The maximum absolute atomic E-state index is 15.0. The molecule has 0 aromatic heterocycles. The van der Waals surface area contributed by atoms with Crippen LogP contribution in [0, 0.1) is 24.6 Å². The second-order valence-electron chi connectivity index (χ2n) is 6.23. The zero-order valence-electron chi connectivity index (χ0n) is 15.8. The Labute approximate surface area is 177 Å². The molecule has 1 unspecified atom stereocenters. The standard InChI is InChI=1S/C21H19ClFN3O2S/c1-12-3-6-17(20(23)15(12)5-4-13(9-24)10-25-2)26-29-19-8-14(22)7-16-18(27)11-28-21(16)19/h3,6-10,18,26-27H,11,24H2,1-2H3/b13-9-,25-10?. The van der Waals surface area contributed by atoms with Crippen molar-refractivity contribution in [3.8, 4) is 17.6 Å². The van der Waals surface area contributed by atoms with Gasteiger partial charge in [-0.1, -0.05) is 29.5 Å². The first-order valence-electron chi connectivity index (χ1n) is 8.67. The molecule has 3 rings (SSSR count). The lowest BCUT2D eigenvalue weighted by atomic mass is 10.1. The van der Waals surface area contributed by atoms with E-state index in [1.807, 2.05) is 0 Å². The molecule has 5 nitrogen and oxygen atoms in total. The molecule has 0 spiro atoms. The largest absolute Gasteiger partial charge is 0.489 e. The monoisotopic (exact) mass is 431 g/mol. The van der Waals surface area contributed by atoms with Gasteiger partial charge in [-0.05, 0) is 42.6 Å². The number of allylic oxidation sites excluding steroid dienone is 1. The number of hydrogen-bond donors (Lipinski definition) is 3. The summed E-state index contributed by atoms with van der Waals surface area (Å²) in [7, 11) is 1.61. The maximum atomic E-state index is 15.0. The predicted octanol–water partition coefficient (Wildman–Crippen LogP) is 4.23. The van der Waals surface area contributed by atoms with Crippen molar-refractivity contribution in [3.05, 3.63) is 63.6 Å². The van der Waals surface area contributed by atoms with Gasteiger partial charge < -0.3 is 20.3 Å². The number of fused-ring (bicyclic) bond motifs is 1. The van der Waals surface area contributed by atoms with Gasteiger partial charge in [-0.15, -0.1) is 0 Å². The number of benzene rings is 2. The molecule has 150 valence electrons. The maximum Gasteiger partial charge on any atom is 0.163 e. The van der Waals surface area contributed by atoms with Crippen LogP contribution in [0.3, 0.4) is 0 Å². The van der Waals surface area contributed by atoms with Gasteiger partial charge in [0, 0.05) is 30.0 Å². The molecule has 0 fully saturated rings. The van der Waals surface area contributed by atoms with Gasteiger partial charge in [-0.3, -0.25) is 4.99 Å². The second-order valence-corrected chi connectivity index (χ2v) is 7.52. The average Bonchev–Trinajstić information content (AvgIpc) is 3.07. The highest BCUT2D eigenvalue weighted by Crippen LogP contribution is 2.42. The molecular weight excluding hydrogens is 413 g/mol. The highest BCUT2D eigenvalue weighted by Gasteiger charge is 2.26. The van der Waals surface area contributed by atoms with Gasteiger partial charge in [0.15, 0.2) is 5.82 Å². The number of aryl methyl sites for hydroxylation is 1. The molecule has 2 aromatic carbocycles. The van der Waals surface area contributed by atoms with Crippen molar-refractivity contribution >= 4 is 35.5 Å². The average molecular weight is 432 g/mol. The number of nitrogens with zero attached hydrogens (tertiary/aromatic N) is 1. The molecule has 1 atom stereocenters. The highest BCUT2D eigenvalue weighted by molar-refractivity contribution is 8.00. The summed E-state index contributed by atoms with van der Waals surface area (Å²) in [5.74, 6) is 5.70. The Morgan fingerprint density at radius 2 is 2.28 bits per heavy atom. The van der Waals surface area contributed by atoms with Crippen molar-refractivity contribution in [2.75, 3.05) is 18.4 Å². The summed E-state index contributed by atoms with van der Waals surface area (Å²) in [5.41, 5.74) is 7.84. The summed E-state index contributed by atoms with van der Waals surface area (Å²) < 4.78 is 23.6. The van der Waals surface area contributed by atoms with Crippen LogP contribution < -0.4 is 15.2 Å². The van der Waals surface area contributed by atoms with E-state index >= 15 is 4.39 Å². The lowest BCUT2D eigenvalue weighted by Crippen LogP contribution is -1.98. The Balaban J connectivity index is 1.87. The van der Waals surface area contributed by atoms with Crippen molar-refractivity contribution in [1.82, 2.24) is 0 Å². The number of aliphatic hydroxyl groups excluding tert-OH is 1. The van der Waals surface area contributed by atoms with Gasteiger partial charge in [-0.25, -0.2) is 4.39 Å². The molecule has 0 saturated carbocycles. The topological polar surface area (TPSA) is 79.9 Å². The predicted molar refractivity (Wildman–Crippen MR) is 116 cm³/mol. The number of nitrogens with one attached hydrogen (secondary N) is 1. The molecule has 8 heteroatoms. The molecular formula is C21H19ClFN3O2S. The zero-order valence-corrected chi connectivity index (χ0v) is 17.4. The number of anilines is 1. The van der Waals surface area contributed by atoms with E-state index in [1.165, 1.54) is 12.4 Å². The Hall–Kier alpha value is -2.66. The van der Waals surface area contributed by atoms with Crippen LogP contribution >= 0.6 is 23.5 Å². The summed E-state index contributed by atoms with van der Waals surface area (Å²) >= 11 is 7.29. The number of aliphatic imine (C=N–C) groups is 1. The molecule has 4 N–H and O–H groups in total. The van der Waals surface area contributed by atoms with E-state index in [0.717, 1.165) is 11.9 Å². The van der Waals surface area contributed by atoms with Crippen LogP contribution in [0.5, 0.6) is 5.75 Å². The lowest BCUT2D eigenvalue weighted by molar-refractivity contribution is 0.140. The van der Waals surface area contributed by atoms with Gasteiger partial charge in [-0.2, -0.15) is 0 Å². The molecule has 1 heterocycles. The van der Waals surface area contributed by atoms with Gasteiger partial charge >= 0.3 is 0 Å². The minimum atomic E-state index is -0.725. The Kier molecular flexibility index (Phi) is 6.70. The van der Waals surface area contributed by atoms with E-state index in [1.54, 1.807) is 38.2 Å². The van der Waals surface area contributed by atoms with Gasteiger partial charge in [0.2, 0.25) is 0 Å². The third-order valence-corrected chi connectivity index (χ3v) is 5.26. The van der Waals surface area contributed by atoms with Crippen LogP contribution in [0.1, 0.15) is 22.8 Å². The fourth-order valence-corrected chi connectivity index (χ4v) is 3.85. The van der Waals surface area contributed by atoms with Gasteiger partial charge in [0.05, 0.1) is 21.7 Å². The van der Waals surface area contributed by atoms with E-state index in [2.05, 4.69) is 21.6 Å². The number of ether oxygens (including phenoxy) is 1. The number of hydrogen-bond acceptors (Lipinski definition) is 6. The van der Waals surface area contributed by atoms with Crippen molar-refractivity contribution in [3.63, 3.8) is 0 Å². The molecule has 1 aliphatic rings. The Bertz CT molecular complexity index is 1060. The Morgan fingerprint density at radius 1 is 1.48 bits per heavy atom. The van der Waals surface area contributed by atoms with Crippen LogP contribution in [0.2, 0.25) is 5.02 Å². The van der Waals surface area contributed by atoms with E-state index in [-0.39, 0.29) is 17.9 Å². The number of rotatable bonds is 4. The Morgan fingerprint density at radius 3 is 3.00 bits per heavy atom. The minimum Gasteiger partial charge on any atom is -0.489 e. The zero-order chi connectivity index (χ0) is 21.0. The number of halogens is 2. The summed E-state index contributed by atoms with van der Waals surface area (Å²) in [6, 6.07) is 6.78. The number of aliphatic hydroxyl groups is 1. The summed E-state index contributed by atoms with van der Waals surface area (Å²) in [5, 5.41) is 10.4. The molecule has 0 saturated heterocycles. The molecule has 0 aliphatic carbocycles. The van der Waals surface area contributed by atoms with Crippen molar-refractivity contribution in [1.29, 1.82) is 0 Å². The molecule has 29 heavy (non-hydrogen) atoms. The first-order valence-corrected chi connectivity index (χ1v) is 9.86. The van der Waals surface area contributed by atoms with E-state index in [4.69, 9.17) is 22.1 Å². The first kappa shape index (κ1) is 21.1. The van der Waals surface area contributed by atoms with E-state index in [9.17, 15) is 5.11 Å². The third-order valence-electron chi connectivity index (χ3n) is 4.19. The van der Waals surface area contributed by atoms with E-state index in [0.29, 0.717) is 32.4 Å². The summed E-state index contributed by atoms with van der Waals surface area (Å²) in [6.45, 7) is 1.95. The van der Waals surface area contributed by atoms with E-state index < -0.39 is 11.9 Å². The molecule has 0 bridgehead atoms. The summed E-state index contributed by atoms with van der Waals surface area (Å²) in [6.07, 6.45) is 2.10. The van der Waals surface area contributed by atoms with Gasteiger partial charge in [0.1, 0.15) is 18.5 Å². The third kappa shape index (κ3) is 4.67. The fourth-order valence-electron chi connectivity index (χ4n) is 2.72. The lowest BCUT2D eigenvalue weighted by Gasteiger charge is -2.12. The van der Waals surface area contributed by atoms with Crippen molar-refractivity contribution < 1.29 is 14.2 Å². The fraction of sp³-hybridized carbons (Fsp3) is 0.190. The van der Waals surface area contributed by atoms with Gasteiger partial charge in [0.25, 0.3) is 0 Å². The molecule has 2 aromatic rings. The smallest absolute Gasteiger partial charge is 0.163 e. The van der Waals surface area contributed by atoms with Crippen LogP contribution in [0.15, 0.2) is 45.9 Å². The van der Waals surface area contributed by atoms with Crippen molar-refractivity contribution in [2.45, 2.75) is 17.9 Å². The quantitative estimate of drug-likeness (QED) is 0.383. The highest BCUT2D eigenvalue weighted by atomic mass is 35.5. The SMILES string of the molecule is CN=C/C(C#Cc1c(C)ccc(NSc2cc(Cl)cc3c2OCC3O)c1F)=C\N. The molecule has 0 radical (unpaired) electrons. The molecule has 1 aliphatic heterocycles. The normalized spacial score (nSPS) is 15.6. The number of nitrogens with two attached hydrogens (primary N) is 1. The van der Waals surface area contributed by atoms with Crippen LogP contribution in [-0.2, 0) is 0 Å². The van der Waals surface area contributed by atoms with Crippen LogP contribution in [0.4, 0.5) is 10.1 Å². The van der Waals surface area contributed by atoms with Crippen LogP contribution in [-0.4, -0.2) is 25.0 Å². The second kappa shape index (κ2) is 9.23. The van der Waals surface area contributed by atoms with Crippen molar-refractivity contribution in [2.24, 2.45) is 10.7 Å².